The van der Waals surface area contributed by atoms with Gasteiger partial charge < -0.3 is 4.90 Å². The molecule has 3 aliphatic rings. The van der Waals surface area contributed by atoms with Crippen LogP contribution in [0.15, 0.2) is 200 Å². The van der Waals surface area contributed by atoms with E-state index in [2.05, 4.69) is 219 Å². The van der Waals surface area contributed by atoms with Gasteiger partial charge >= 0.3 is 0 Å². The lowest BCUT2D eigenvalue weighted by Gasteiger charge is -2.43. The highest BCUT2D eigenvalue weighted by atomic mass is 15.1. The maximum atomic E-state index is 2.48. The molecule has 268 valence electrons. The summed E-state index contributed by atoms with van der Waals surface area (Å²) in [6.07, 6.45) is 0. The zero-order chi connectivity index (χ0) is 37.9. The predicted octanol–water partition coefficient (Wildman–Crippen LogP) is 14.6. The summed E-state index contributed by atoms with van der Waals surface area (Å²) < 4.78 is 0. The predicted molar refractivity (Wildman–Crippen MR) is 238 cm³/mol. The first-order chi connectivity index (χ1) is 28.0. The number of nitrogens with zero attached hydrogens (tertiary/aromatic N) is 1. The first-order valence-corrected chi connectivity index (χ1v) is 20.1. The molecule has 12 rings (SSSR count). The minimum atomic E-state index is -0.300. The van der Waals surface area contributed by atoms with E-state index < -0.39 is 0 Å². The molecular formula is C56H39N. The van der Waals surface area contributed by atoms with Crippen LogP contribution in [0.4, 0.5) is 17.1 Å². The van der Waals surface area contributed by atoms with Crippen molar-refractivity contribution in [2.75, 3.05) is 4.90 Å². The molecule has 1 spiro atoms. The maximum Gasteiger partial charge on any atom is 0.0726 e. The quantitative estimate of drug-likeness (QED) is 0.171. The highest BCUT2D eigenvalue weighted by Crippen LogP contribution is 2.64. The van der Waals surface area contributed by atoms with Crippen LogP contribution in [0.5, 0.6) is 0 Å². The second-order valence-electron chi connectivity index (χ2n) is 16.5. The second kappa shape index (κ2) is 11.8. The fourth-order valence-electron chi connectivity index (χ4n) is 10.6. The van der Waals surface area contributed by atoms with E-state index in [-0.39, 0.29) is 10.8 Å². The summed E-state index contributed by atoms with van der Waals surface area (Å²) in [5.41, 5.74) is 21.6. The van der Waals surface area contributed by atoms with Gasteiger partial charge in [0.15, 0.2) is 0 Å². The van der Waals surface area contributed by atoms with Gasteiger partial charge in [-0.3, -0.25) is 0 Å². The maximum absolute atomic E-state index is 2.48. The van der Waals surface area contributed by atoms with Gasteiger partial charge in [-0.15, -0.1) is 0 Å². The first-order valence-electron chi connectivity index (χ1n) is 20.1. The van der Waals surface area contributed by atoms with Crippen molar-refractivity contribution in [3.8, 4) is 44.5 Å². The number of hydrogen-bond donors (Lipinski definition) is 0. The van der Waals surface area contributed by atoms with E-state index >= 15 is 0 Å². The largest absolute Gasteiger partial charge is 0.310 e. The standard InChI is InChI=1S/C56H39N/c1-55(2)48-18-8-6-16-44(48)46-32-26-40(34-52(46)55)38-24-29-42(30-25-38)57(41-27-22-37(23-28-41)36-12-4-3-5-13-36)43-31-33-47-45-17-7-9-19-49(45)56(53(47)35-43)50-20-10-14-39-15-11-21-51(56)54(39)50/h3-35H,1-2H3. The summed E-state index contributed by atoms with van der Waals surface area (Å²) in [7, 11) is 0. The van der Waals surface area contributed by atoms with E-state index in [9.17, 15) is 0 Å². The molecule has 0 saturated carbocycles. The Morgan fingerprint density at radius 1 is 0.316 bits per heavy atom. The minimum Gasteiger partial charge on any atom is -0.310 e. The smallest absolute Gasteiger partial charge is 0.0726 e. The SMILES string of the molecule is CC1(C)c2ccccc2-c2ccc(-c3ccc(N(c4ccc(-c5ccccc5)cc4)c4ccc5c(c4)C4(c6ccccc6-5)c5cccc6cccc4c56)cc3)cc21. The molecule has 0 atom stereocenters. The van der Waals surface area contributed by atoms with Crippen molar-refractivity contribution in [3.63, 3.8) is 0 Å². The summed E-state index contributed by atoms with van der Waals surface area (Å²) in [6, 6.07) is 74.7. The van der Waals surface area contributed by atoms with Gasteiger partial charge in [0.2, 0.25) is 0 Å². The van der Waals surface area contributed by atoms with Crippen LogP contribution in [-0.2, 0) is 10.8 Å². The number of hydrogen-bond acceptors (Lipinski definition) is 1. The third kappa shape index (κ3) is 4.40. The van der Waals surface area contributed by atoms with Gasteiger partial charge in [0.05, 0.1) is 5.41 Å². The molecule has 0 N–H and O–H groups in total. The van der Waals surface area contributed by atoms with Crippen molar-refractivity contribution in [2.45, 2.75) is 24.7 Å². The van der Waals surface area contributed by atoms with Gasteiger partial charge in [0.1, 0.15) is 0 Å². The van der Waals surface area contributed by atoms with E-state index in [1.807, 2.05) is 0 Å². The molecule has 0 heterocycles. The minimum absolute atomic E-state index is 0.0400. The van der Waals surface area contributed by atoms with Crippen molar-refractivity contribution < 1.29 is 0 Å². The van der Waals surface area contributed by atoms with Gasteiger partial charge in [0.25, 0.3) is 0 Å². The van der Waals surface area contributed by atoms with Gasteiger partial charge in [-0.2, -0.15) is 0 Å². The van der Waals surface area contributed by atoms with Crippen molar-refractivity contribution in [1.82, 2.24) is 0 Å². The second-order valence-corrected chi connectivity index (χ2v) is 16.5. The van der Waals surface area contributed by atoms with Crippen LogP contribution in [0.1, 0.15) is 47.2 Å². The van der Waals surface area contributed by atoms with Crippen LogP contribution in [0.3, 0.4) is 0 Å². The fraction of sp³-hybridized carbons (Fsp3) is 0.0714. The van der Waals surface area contributed by atoms with Gasteiger partial charge in [0, 0.05) is 22.5 Å². The Morgan fingerprint density at radius 3 is 1.47 bits per heavy atom. The lowest BCUT2D eigenvalue weighted by Crippen LogP contribution is -2.36. The van der Waals surface area contributed by atoms with Gasteiger partial charge in [-0.1, -0.05) is 172 Å². The lowest BCUT2D eigenvalue weighted by molar-refractivity contribution is 0.660. The first kappa shape index (κ1) is 32.3. The van der Waals surface area contributed by atoms with E-state index in [4.69, 9.17) is 0 Å². The highest BCUT2D eigenvalue weighted by molar-refractivity contribution is 6.05. The molecule has 9 aromatic rings. The summed E-state index contributed by atoms with van der Waals surface area (Å²) in [5, 5.41) is 2.71. The number of anilines is 3. The summed E-state index contributed by atoms with van der Waals surface area (Å²) >= 11 is 0. The Labute approximate surface area is 334 Å². The molecule has 57 heavy (non-hydrogen) atoms. The Kier molecular flexibility index (Phi) is 6.67. The summed E-state index contributed by atoms with van der Waals surface area (Å²) in [6.45, 7) is 4.71. The normalized spacial score (nSPS) is 14.4. The molecule has 0 fully saturated rings. The van der Waals surface area contributed by atoms with Crippen LogP contribution in [0, 0.1) is 0 Å². The number of benzene rings is 9. The van der Waals surface area contributed by atoms with E-state index in [1.54, 1.807) is 0 Å². The summed E-state index contributed by atoms with van der Waals surface area (Å²) in [4.78, 5) is 2.43. The highest BCUT2D eigenvalue weighted by Gasteiger charge is 2.53. The van der Waals surface area contributed by atoms with E-state index in [1.165, 1.54) is 88.7 Å². The van der Waals surface area contributed by atoms with E-state index in [0.717, 1.165) is 17.1 Å². The molecule has 1 heteroatoms. The third-order valence-corrected chi connectivity index (χ3v) is 13.3. The Bertz CT molecular complexity index is 3040. The van der Waals surface area contributed by atoms with Crippen molar-refractivity contribution >= 4 is 27.8 Å². The molecule has 0 radical (unpaired) electrons. The molecule has 1 nitrogen and oxygen atoms in total. The van der Waals surface area contributed by atoms with E-state index in [0.29, 0.717) is 0 Å². The molecule has 0 aromatic heterocycles. The van der Waals surface area contributed by atoms with Gasteiger partial charge in [-0.25, -0.2) is 0 Å². The third-order valence-electron chi connectivity index (χ3n) is 13.3. The van der Waals surface area contributed by atoms with Crippen LogP contribution >= 0.6 is 0 Å². The molecule has 0 bridgehead atoms. The zero-order valence-electron chi connectivity index (χ0n) is 32.0. The zero-order valence-corrected chi connectivity index (χ0v) is 32.0. The van der Waals surface area contributed by atoms with Crippen LogP contribution in [0.2, 0.25) is 0 Å². The monoisotopic (exact) mass is 725 g/mol. The van der Waals surface area contributed by atoms with Crippen LogP contribution < -0.4 is 4.90 Å². The molecule has 9 aromatic carbocycles. The van der Waals surface area contributed by atoms with Crippen molar-refractivity contribution in [1.29, 1.82) is 0 Å². The Hall–Kier alpha value is -6.96. The van der Waals surface area contributed by atoms with Crippen molar-refractivity contribution in [2.24, 2.45) is 0 Å². The molecular weight excluding hydrogens is 687 g/mol. The fourth-order valence-corrected chi connectivity index (χ4v) is 10.6. The lowest BCUT2D eigenvalue weighted by atomic mass is 9.58. The van der Waals surface area contributed by atoms with Crippen LogP contribution in [-0.4, -0.2) is 0 Å². The number of rotatable bonds is 5. The molecule has 0 saturated heterocycles. The van der Waals surface area contributed by atoms with Gasteiger partial charge in [-0.05, 0) is 131 Å². The van der Waals surface area contributed by atoms with Crippen molar-refractivity contribution in [3.05, 3.63) is 234 Å². The molecule has 3 aliphatic carbocycles. The van der Waals surface area contributed by atoms with Crippen LogP contribution in [0.25, 0.3) is 55.3 Å². The topological polar surface area (TPSA) is 3.24 Å². The molecule has 0 aliphatic heterocycles. The Morgan fingerprint density at radius 2 is 0.789 bits per heavy atom. The Balaban J connectivity index is 0.998. The summed E-state index contributed by atoms with van der Waals surface area (Å²) in [5.74, 6) is 0. The average molecular weight is 726 g/mol. The number of fused-ring (bicyclic) bond motifs is 10. The molecule has 0 amide bonds. The molecule has 0 unspecified atom stereocenters. The average Bonchev–Trinajstić information content (AvgIpc) is 3.70.